The fourth-order valence-corrected chi connectivity index (χ4v) is 3.42. The second-order valence-corrected chi connectivity index (χ2v) is 7.49. The summed E-state index contributed by atoms with van der Waals surface area (Å²) in [6.07, 6.45) is 1.58. The Morgan fingerprint density at radius 1 is 0.971 bits per heavy atom. The summed E-state index contributed by atoms with van der Waals surface area (Å²) < 4.78 is 11.2. The first-order valence-electron chi connectivity index (χ1n) is 10.4. The van der Waals surface area contributed by atoms with E-state index in [1.807, 2.05) is 30.3 Å². The summed E-state index contributed by atoms with van der Waals surface area (Å²) in [7, 11) is 1.50. The van der Waals surface area contributed by atoms with Crippen LogP contribution in [0.4, 0.5) is 10.5 Å². The number of benzene rings is 3. The standard InChI is InChI=1S/C25H21N3O6/c1-33-23-14-19(9-12-22(23)34-16-18-7-10-20(11-8-18)28(31)32)13-21-24(29)27(25(30)26-21)15-17-5-3-2-4-6-17/h2-14H,15-16H2,1H3,(H,26,30)/b21-13+. The molecule has 1 N–H and O–H groups in total. The maximum absolute atomic E-state index is 12.7. The van der Waals surface area contributed by atoms with Crippen LogP contribution in [0.15, 0.2) is 78.5 Å². The van der Waals surface area contributed by atoms with Gasteiger partial charge in [0.25, 0.3) is 11.6 Å². The molecule has 0 radical (unpaired) electrons. The summed E-state index contributed by atoms with van der Waals surface area (Å²) in [5.41, 5.74) is 2.43. The van der Waals surface area contributed by atoms with Crippen LogP contribution in [0.3, 0.4) is 0 Å². The van der Waals surface area contributed by atoms with E-state index in [4.69, 9.17) is 9.47 Å². The van der Waals surface area contributed by atoms with E-state index in [1.54, 1.807) is 36.4 Å². The highest BCUT2D eigenvalue weighted by Gasteiger charge is 2.33. The lowest BCUT2D eigenvalue weighted by Crippen LogP contribution is -2.30. The van der Waals surface area contributed by atoms with Gasteiger partial charge in [-0.15, -0.1) is 0 Å². The molecule has 172 valence electrons. The molecule has 34 heavy (non-hydrogen) atoms. The molecular formula is C25H21N3O6. The molecule has 3 aromatic carbocycles. The van der Waals surface area contributed by atoms with Gasteiger partial charge >= 0.3 is 6.03 Å². The fourth-order valence-electron chi connectivity index (χ4n) is 3.42. The number of methoxy groups -OCH3 is 1. The molecule has 1 aliphatic heterocycles. The number of nitro groups is 1. The second kappa shape index (κ2) is 9.86. The molecule has 0 aromatic heterocycles. The number of ether oxygens (including phenoxy) is 2. The average molecular weight is 459 g/mol. The smallest absolute Gasteiger partial charge is 0.329 e. The van der Waals surface area contributed by atoms with Crippen LogP contribution in [0, 0.1) is 10.1 Å². The van der Waals surface area contributed by atoms with Crippen molar-refractivity contribution in [3.05, 3.63) is 105 Å². The molecule has 0 unspecified atom stereocenters. The Morgan fingerprint density at radius 2 is 1.71 bits per heavy atom. The minimum Gasteiger partial charge on any atom is -0.493 e. The van der Waals surface area contributed by atoms with Crippen LogP contribution >= 0.6 is 0 Å². The van der Waals surface area contributed by atoms with Crippen molar-refractivity contribution >= 4 is 23.7 Å². The van der Waals surface area contributed by atoms with Gasteiger partial charge in [-0.3, -0.25) is 19.8 Å². The third kappa shape index (κ3) is 5.04. The molecule has 0 atom stereocenters. The highest BCUT2D eigenvalue weighted by molar-refractivity contribution is 6.13. The number of nitrogens with zero attached hydrogens (tertiary/aromatic N) is 2. The van der Waals surface area contributed by atoms with Crippen molar-refractivity contribution in [2.24, 2.45) is 0 Å². The number of nitro benzene ring substituents is 1. The van der Waals surface area contributed by atoms with Crippen molar-refractivity contribution in [1.82, 2.24) is 10.2 Å². The maximum Gasteiger partial charge on any atom is 0.329 e. The lowest BCUT2D eigenvalue weighted by molar-refractivity contribution is -0.384. The zero-order valence-corrected chi connectivity index (χ0v) is 18.3. The minimum atomic E-state index is -0.477. The number of hydrogen-bond donors (Lipinski definition) is 1. The summed E-state index contributed by atoms with van der Waals surface area (Å²) in [4.78, 5) is 36.5. The van der Waals surface area contributed by atoms with Crippen LogP contribution < -0.4 is 14.8 Å². The highest BCUT2D eigenvalue weighted by Crippen LogP contribution is 2.30. The molecule has 1 heterocycles. The van der Waals surface area contributed by atoms with Gasteiger partial charge in [-0.2, -0.15) is 0 Å². The topological polar surface area (TPSA) is 111 Å². The van der Waals surface area contributed by atoms with E-state index in [2.05, 4.69) is 5.32 Å². The Hall–Kier alpha value is -4.66. The quantitative estimate of drug-likeness (QED) is 0.233. The minimum absolute atomic E-state index is 0.00889. The van der Waals surface area contributed by atoms with Crippen LogP contribution in [-0.2, 0) is 17.9 Å². The molecule has 1 aliphatic rings. The highest BCUT2D eigenvalue weighted by atomic mass is 16.6. The lowest BCUT2D eigenvalue weighted by atomic mass is 10.1. The van der Waals surface area contributed by atoms with Crippen LogP contribution in [0.1, 0.15) is 16.7 Å². The molecule has 1 fully saturated rings. The number of carbonyl (C=O) groups excluding carboxylic acids is 2. The summed E-state index contributed by atoms with van der Waals surface area (Å²) in [6, 6.07) is 20.0. The Labute approximate surface area is 195 Å². The van der Waals surface area contributed by atoms with E-state index in [-0.39, 0.29) is 24.5 Å². The summed E-state index contributed by atoms with van der Waals surface area (Å²) >= 11 is 0. The van der Waals surface area contributed by atoms with Gasteiger partial charge in [0.05, 0.1) is 18.6 Å². The van der Waals surface area contributed by atoms with Crippen molar-refractivity contribution in [3.63, 3.8) is 0 Å². The number of rotatable bonds is 8. The van der Waals surface area contributed by atoms with Crippen molar-refractivity contribution in [2.75, 3.05) is 7.11 Å². The van der Waals surface area contributed by atoms with Crippen molar-refractivity contribution in [3.8, 4) is 11.5 Å². The van der Waals surface area contributed by atoms with Crippen LogP contribution in [0.25, 0.3) is 6.08 Å². The SMILES string of the molecule is COc1cc(/C=C2/NC(=O)N(Cc3ccccc3)C2=O)ccc1OCc1ccc([N+](=O)[O-])cc1. The van der Waals surface area contributed by atoms with E-state index in [0.717, 1.165) is 16.0 Å². The second-order valence-electron chi connectivity index (χ2n) is 7.49. The predicted octanol–water partition coefficient (Wildman–Crippen LogP) is 4.28. The maximum atomic E-state index is 12.7. The molecule has 9 nitrogen and oxygen atoms in total. The number of nitrogens with one attached hydrogen (secondary N) is 1. The molecular weight excluding hydrogens is 438 g/mol. The first-order valence-corrected chi connectivity index (χ1v) is 10.4. The number of carbonyl (C=O) groups is 2. The largest absolute Gasteiger partial charge is 0.493 e. The van der Waals surface area contributed by atoms with Crippen molar-refractivity contribution < 1.29 is 24.0 Å². The molecule has 0 aliphatic carbocycles. The van der Waals surface area contributed by atoms with Gasteiger partial charge in [0.1, 0.15) is 12.3 Å². The van der Waals surface area contributed by atoms with Gasteiger partial charge in [0, 0.05) is 12.1 Å². The fraction of sp³-hybridized carbons (Fsp3) is 0.120. The lowest BCUT2D eigenvalue weighted by Gasteiger charge is -2.12. The molecule has 0 bridgehead atoms. The Bertz CT molecular complexity index is 1260. The van der Waals surface area contributed by atoms with Gasteiger partial charge in [-0.25, -0.2) is 4.79 Å². The number of urea groups is 1. The molecule has 9 heteroatoms. The summed E-state index contributed by atoms with van der Waals surface area (Å²) in [5.74, 6) is 0.496. The van der Waals surface area contributed by atoms with Gasteiger partial charge in [0.15, 0.2) is 11.5 Å². The van der Waals surface area contributed by atoms with E-state index >= 15 is 0 Å². The zero-order chi connectivity index (χ0) is 24.1. The molecule has 0 spiro atoms. The predicted molar refractivity (Wildman–Crippen MR) is 124 cm³/mol. The first kappa shape index (κ1) is 22.5. The van der Waals surface area contributed by atoms with Gasteiger partial charge in [-0.1, -0.05) is 36.4 Å². The van der Waals surface area contributed by atoms with Crippen LogP contribution in [-0.4, -0.2) is 28.9 Å². The number of non-ortho nitro benzene ring substituents is 1. The number of amides is 3. The van der Waals surface area contributed by atoms with Crippen molar-refractivity contribution in [1.29, 1.82) is 0 Å². The Balaban J connectivity index is 1.46. The Kier molecular flexibility index (Phi) is 6.54. The first-order chi connectivity index (χ1) is 16.4. The zero-order valence-electron chi connectivity index (χ0n) is 18.3. The van der Waals surface area contributed by atoms with Crippen LogP contribution in [0.5, 0.6) is 11.5 Å². The van der Waals surface area contributed by atoms with E-state index in [0.29, 0.717) is 17.1 Å². The average Bonchev–Trinajstić information content (AvgIpc) is 3.11. The van der Waals surface area contributed by atoms with E-state index < -0.39 is 16.9 Å². The third-order valence-electron chi connectivity index (χ3n) is 5.19. The molecule has 4 rings (SSSR count). The van der Waals surface area contributed by atoms with Crippen molar-refractivity contribution in [2.45, 2.75) is 13.2 Å². The molecule has 3 amide bonds. The molecule has 0 saturated carbocycles. The van der Waals surface area contributed by atoms with Gasteiger partial charge < -0.3 is 14.8 Å². The van der Waals surface area contributed by atoms with Crippen LogP contribution in [0.2, 0.25) is 0 Å². The van der Waals surface area contributed by atoms with Gasteiger partial charge in [0.2, 0.25) is 0 Å². The molecule has 3 aromatic rings. The normalized spacial score (nSPS) is 14.3. The summed E-state index contributed by atoms with van der Waals surface area (Å²) in [6.45, 7) is 0.374. The third-order valence-corrected chi connectivity index (χ3v) is 5.19. The van der Waals surface area contributed by atoms with E-state index in [9.17, 15) is 19.7 Å². The summed E-state index contributed by atoms with van der Waals surface area (Å²) in [5, 5.41) is 13.4. The monoisotopic (exact) mass is 459 g/mol. The van der Waals surface area contributed by atoms with E-state index in [1.165, 1.54) is 19.2 Å². The number of hydrogen-bond acceptors (Lipinski definition) is 6. The van der Waals surface area contributed by atoms with Gasteiger partial charge in [-0.05, 0) is 47.0 Å². The Morgan fingerprint density at radius 3 is 2.38 bits per heavy atom. The number of imide groups is 1. The molecule has 1 saturated heterocycles.